The molecular weight excluding hydrogens is 845 g/mol. The fourth-order valence-corrected chi connectivity index (χ4v) is 8.57. The Labute approximate surface area is 349 Å². The molecule has 20 nitrogen and oxygen atoms in total. The molecule has 0 fully saturated rings. The summed E-state index contributed by atoms with van der Waals surface area (Å²) in [5, 5.41) is 43.9. The lowest BCUT2D eigenvalue weighted by atomic mass is 10.2. The van der Waals surface area contributed by atoms with Gasteiger partial charge in [-0.05, 0) is 88.4 Å². The molecule has 0 saturated carbocycles. The Bertz CT molecular complexity index is 2320. The summed E-state index contributed by atoms with van der Waals surface area (Å²) in [4.78, 5) is 19.8. The number of azo groups is 2. The van der Waals surface area contributed by atoms with Crippen LogP contribution in [0, 0.1) is 0 Å². The van der Waals surface area contributed by atoms with Crippen LogP contribution in [0.5, 0.6) is 0 Å². The Morgan fingerprint density at radius 2 is 0.983 bits per heavy atom. The van der Waals surface area contributed by atoms with Gasteiger partial charge < -0.3 is 35.5 Å². The summed E-state index contributed by atoms with van der Waals surface area (Å²) in [6.07, 6.45) is 0. The number of thiophene rings is 2. The predicted molar refractivity (Wildman–Crippen MR) is 229 cm³/mol. The molecule has 2 aromatic carbocycles. The molecule has 0 saturated heterocycles. The molecule has 316 valence electrons. The standard InChI is InChI=1S/C35H44N12O8S4/c1-5-45(6-2)23-9-11-25(41-43-29-13-15-31(56-29)58(50,51)52)27(21-23)36-33-38-34(40-35(39-33)47(17-19-48)18-20-49)37-28-22-24(46(7-3)8-4)10-12-26(28)42-44-30-14-16-32(57-30)59(53,54)55/h9-16,21-22,48-49H,5-8,17-20H2,1-4H3,(H,50,51,52)(H,53,54,55)(H2,36,37,38,39,40). The van der Waals surface area contributed by atoms with Gasteiger partial charge in [0.1, 0.15) is 29.8 Å². The molecule has 24 heteroatoms. The number of hydrogen-bond donors (Lipinski definition) is 6. The van der Waals surface area contributed by atoms with E-state index in [9.17, 15) is 36.2 Å². The van der Waals surface area contributed by atoms with E-state index in [2.05, 4.69) is 55.8 Å². The molecular formula is C35H44N12O8S4. The summed E-state index contributed by atoms with van der Waals surface area (Å²) in [6, 6.07) is 16.1. The lowest BCUT2D eigenvalue weighted by Crippen LogP contribution is -2.31. The Morgan fingerprint density at radius 1 is 0.576 bits per heavy atom. The van der Waals surface area contributed by atoms with Crippen LogP contribution in [-0.4, -0.2) is 104 Å². The molecule has 0 aliphatic heterocycles. The van der Waals surface area contributed by atoms with E-state index in [-0.39, 0.29) is 62.6 Å². The van der Waals surface area contributed by atoms with E-state index < -0.39 is 20.2 Å². The van der Waals surface area contributed by atoms with E-state index in [1.54, 1.807) is 17.0 Å². The average molecular weight is 889 g/mol. The molecule has 0 spiro atoms. The van der Waals surface area contributed by atoms with Gasteiger partial charge in [0.05, 0.1) is 24.6 Å². The number of aliphatic hydroxyl groups excluding tert-OH is 2. The van der Waals surface area contributed by atoms with Gasteiger partial charge in [-0.15, -0.1) is 43.1 Å². The molecule has 3 aromatic heterocycles. The van der Waals surface area contributed by atoms with Gasteiger partial charge in [0.2, 0.25) is 17.8 Å². The summed E-state index contributed by atoms with van der Waals surface area (Å²) < 4.78 is 64.9. The highest BCUT2D eigenvalue weighted by Crippen LogP contribution is 2.38. The second-order valence-corrected chi connectivity index (χ2v) is 17.7. The third-order valence-electron chi connectivity index (χ3n) is 8.51. The van der Waals surface area contributed by atoms with Crippen molar-refractivity contribution in [2.24, 2.45) is 20.5 Å². The molecule has 0 radical (unpaired) electrons. The first kappa shape index (κ1) is 44.9. The zero-order valence-electron chi connectivity index (χ0n) is 32.5. The fraction of sp³-hybridized carbons (Fsp3) is 0.343. The smallest absolute Gasteiger partial charge is 0.304 e. The van der Waals surface area contributed by atoms with Crippen LogP contribution in [0.25, 0.3) is 0 Å². The number of anilines is 7. The van der Waals surface area contributed by atoms with E-state index >= 15 is 0 Å². The van der Waals surface area contributed by atoms with Gasteiger partial charge >= 0.3 is 20.2 Å². The molecule has 5 aromatic rings. The first-order valence-corrected chi connectivity index (χ1v) is 22.7. The number of aliphatic hydroxyl groups is 2. The number of hydrogen-bond acceptors (Lipinski definition) is 20. The quantitative estimate of drug-likeness (QED) is 0.0312. The highest BCUT2D eigenvalue weighted by molar-refractivity contribution is 7.88. The van der Waals surface area contributed by atoms with Crippen LogP contribution in [0.15, 0.2) is 89.5 Å². The van der Waals surface area contributed by atoms with Crippen molar-refractivity contribution in [3.05, 3.63) is 60.7 Å². The van der Waals surface area contributed by atoms with Crippen molar-refractivity contribution in [3.63, 3.8) is 0 Å². The summed E-state index contributed by atoms with van der Waals surface area (Å²) in [6.45, 7) is 10.5. The van der Waals surface area contributed by atoms with Crippen molar-refractivity contribution in [1.29, 1.82) is 0 Å². The van der Waals surface area contributed by atoms with Crippen molar-refractivity contribution in [3.8, 4) is 0 Å². The van der Waals surface area contributed by atoms with Gasteiger partial charge in [0, 0.05) is 50.6 Å². The average Bonchev–Trinajstić information content (AvgIpc) is 3.89. The molecule has 0 amide bonds. The van der Waals surface area contributed by atoms with E-state index in [0.717, 1.165) is 34.0 Å². The van der Waals surface area contributed by atoms with Gasteiger partial charge in [-0.1, -0.05) is 0 Å². The maximum Gasteiger partial charge on any atom is 0.304 e. The third-order valence-corrected chi connectivity index (χ3v) is 13.1. The van der Waals surface area contributed by atoms with Gasteiger partial charge in [-0.25, -0.2) is 0 Å². The minimum Gasteiger partial charge on any atom is -0.395 e. The third kappa shape index (κ3) is 11.9. The zero-order chi connectivity index (χ0) is 42.7. The number of nitrogens with zero attached hydrogens (tertiary/aromatic N) is 10. The number of aromatic nitrogens is 3. The summed E-state index contributed by atoms with van der Waals surface area (Å²) in [5.41, 5.74) is 3.19. The second kappa shape index (κ2) is 20.2. The molecule has 0 aliphatic carbocycles. The van der Waals surface area contributed by atoms with Gasteiger partial charge in [0.15, 0.2) is 0 Å². The van der Waals surface area contributed by atoms with Crippen LogP contribution in [-0.2, 0) is 20.2 Å². The lowest BCUT2D eigenvalue weighted by molar-refractivity contribution is 0.280. The molecule has 6 N–H and O–H groups in total. The summed E-state index contributed by atoms with van der Waals surface area (Å²) in [5.74, 6) is 0.179. The van der Waals surface area contributed by atoms with Crippen LogP contribution >= 0.6 is 22.7 Å². The maximum absolute atomic E-state index is 11.6. The van der Waals surface area contributed by atoms with Crippen LogP contribution in [0.3, 0.4) is 0 Å². The summed E-state index contributed by atoms with van der Waals surface area (Å²) >= 11 is 1.49. The maximum atomic E-state index is 11.6. The van der Waals surface area contributed by atoms with Crippen molar-refractivity contribution in [2.45, 2.75) is 36.1 Å². The first-order chi connectivity index (χ1) is 28.2. The Kier molecular flexibility index (Phi) is 15.3. The molecule has 0 unspecified atom stereocenters. The highest BCUT2D eigenvalue weighted by atomic mass is 32.3. The molecule has 0 atom stereocenters. The molecule has 59 heavy (non-hydrogen) atoms. The van der Waals surface area contributed by atoms with E-state index in [1.807, 2.05) is 52.0 Å². The Balaban J connectivity index is 1.61. The van der Waals surface area contributed by atoms with E-state index in [1.165, 1.54) is 24.3 Å². The summed E-state index contributed by atoms with van der Waals surface area (Å²) in [7, 11) is -8.84. The predicted octanol–water partition coefficient (Wildman–Crippen LogP) is 7.29. The Hall–Kier alpha value is -5.21. The van der Waals surface area contributed by atoms with Crippen LogP contribution in [0.2, 0.25) is 0 Å². The molecule has 0 aliphatic rings. The van der Waals surface area contributed by atoms with Gasteiger partial charge in [-0.3, -0.25) is 9.11 Å². The van der Waals surface area contributed by atoms with Gasteiger partial charge in [0.25, 0.3) is 0 Å². The lowest BCUT2D eigenvalue weighted by Gasteiger charge is -2.24. The zero-order valence-corrected chi connectivity index (χ0v) is 35.7. The normalized spacial score (nSPS) is 12.1. The first-order valence-electron chi connectivity index (χ1n) is 18.2. The van der Waals surface area contributed by atoms with Crippen molar-refractivity contribution in [1.82, 2.24) is 15.0 Å². The van der Waals surface area contributed by atoms with Crippen LogP contribution < -0.4 is 25.3 Å². The van der Waals surface area contributed by atoms with Crippen LogP contribution in [0.1, 0.15) is 27.7 Å². The second-order valence-electron chi connectivity index (χ2n) is 12.2. The minimum absolute atomic E-state index is 0.0377. The number of benzene rings is 2. The fourth-order valence-electron chi connectivity index (χ4n) is 5.62. The van der Waals surface area contributed by atoms with E-state index in [4.69, 9.17) is 0 Å². The largest absolute Gasteiger partial charge is 0.395 e. The Morgan fingerprint density at radius 3 is 1.32 bits per heavy atom. The minimum atomic E-state index is -4.42. The van der Waals surface area contributed by atoms with Crippen molar-refractivity contribution < 1.29 is 36.2 Å². The number of rotatable bonds is 21. The topological polar surface area (TPSA) is 271 Å². The monoisotopic (exact) mass is 888 g/mol. The molecule has 5 rings (SSSR count). The molecule has 3 heterocycles. The van der Waals surface area contributed by atoms with Gasteiger partial charge in [-0.2, -0.15) is 31.8 Å². The van der Waals surface area contributed by atoms with E-state index in [0.29, 0.717) is 48.9 Å². The molecule has 0 bridgehead atoms. The number of nitrogens with one attached hydrogen (secondary N) is 2. The van der Waals surface area contributed by atoms with Crippen LogP contribution in [0.4, 0.5) is 62.0 Å². The van der Waals surface area contributed by atoms with Crippen molar-refractivity contribution >= 4 is 105 Å². The van der Waals surface area contributed by atoms with Crippen molar-refractivity contribution in [2.75, 3.05) is 77.8 Å². The highest BCUT2D eigenvalue weighted by Gasteiger charge is 2.19. The SMILES string of the molecule is CCN(CC)c1ccc(N=Nc2ccc(S(=O)(=O)O)s2)c(Nc2nc(Nc3cc(N(CC)CC)ccc3N=Nc3ccc(S(=O)(=O)O)s3)nc(N(CCO)CCO)n2)c1.